The molecule has 0 heterocycles. The molecule has 0 aromatic rings. The number of carbonyl (C=O) groups excluding carboxylic acids is 1. The summed E-state index contributed by atoms with van der Waals surface area (Å²) in [6.45, 7) is 0.650. The molecule has 0 fully saturated rings. The Morgan fingerprint density at radius 1 is 1.73 bits per heavy atom. The van der Waals surface area contributed by atoms with E-state index in [0.717, 1.165) is 0 Å². The fourth-order valence-corrected chi connectivity index (χ4v) is 0.624. The fraction of sp³-hybridized carbons (Fsp3) is 0.833. The van der Waals surface area contributed by atoms with E-state index in [9.17, 15) is 4.79 Å². The molecule has 0 unspecified atom stereocenters. The standard InChI is InChI=1S/C6H15N3O2/c1-8-5(4-10)6(11)9-3-2-7/h5,8,10H,2-4,7H2,1H3,(H,9,11)/t5-/m0/s1. The molecule has 5 nitrogen and oxygen atoms in total. The maximum absolute atomic E-state index is 11.0. The van der Waals surface area contributed by atoms with E-state index in [1.54, 1.807) is 7.05 Å². The van der Waals surface area contributed by atoms with Gasteiger partial charge in [0.05, 0.1) is 6.61 Å². The van der Waals surface area contributed by atoms with E-state index in [-0.39, 0.29) is 12.5 Å². The van der Waals surface area contributed by atoms with Crippen LogP contribution in [-0.2, 0) is 4.79 Å². The fourth-order valence-electron chi connectivity index (χ4n) is 0.624. The Bertz CT molecular complexity index is 114. The molecule has 0 radical (unpaired) electrons. The van der Waals surface area contributed by atoms with Gasteiger partial charge in [0.2, 0.25) is 5.91 Å². The van der Waals surface area contributed by atoms with Crippen LogP contribution in [0.4, 0.5) is 0 Å². The number of aliphatic hydroxyl groups excluding tert-OH is 1. The maximum atomic E-state index is 11.0. The predicted molar refractivity (Wildman–Crippen MR) is 42.0 cm³/mol. The summed E-state index contributed by atoms with van der Waals surface area (Å²) in [6.07, 6.45) is 0. The van der Waals surface area contributed by atoms with Crippen molar-refractivity contribution in [3.8, 4) is 0 Å². The normalized spacial score (nSPS) is 12.6. The van der Waals surface area contributed by atoms with Crippen molar-refractivity contribution in [2.45, 2.75) is 6.04 Å². The van der Waals surface area contributed by atoms with Crippen molar-refractivity contribution in [1.82, 2.24) is 10.6 Å². The molecule has 0 aromatic carbocycles. The zero-order valence-corrected chi connectivity index (χ0v) is 6.63. The Labute approximate surface area is 66.0 Å². The van der Waals surface area contributed by atoms with Crippen LogP contribution in [0.25, 0.3) is 0 Å². The third-order valence-corrected chi connectivity index (χ3v) is 1.29. The molecular weight excluding hydrogens is 146 g/mol. The van der Waals surface area contributed by atoms with E-state index >= 15 is 0 Å². The van der Waals surface area contributed by atoms with Gasteiger partial charge in [-0.25, -0.2) is 0 Å². The van der Waals surface area contributed by atoms with Crippen molar-refractivity contribution in [2.24, 2.45) is 5.73 Å². The number of carbonyl (C=O) groups is 1. The highest BCUT2D eigenvalue weighted by molar-refractivity contribution is 5.81. The van der Waals surface area contributed by atoms with Gasteiger partial charge in [0.25, 0.3) is 0 Å². The monoisotopic (exact) mass is 161 g/mol. The summed E-state index contributed by atoms with van der Waals surface area (Å²) in [5.41, 5.74) is 5.16. The summed E-state index contributed by atoms with van der Waals surface area (Å²) in [6, 6.07) is -0.526. The number of nitrogens with one attached hydrogen (secondary N) is 2. The molecule has 0 rings (SSSR count). The lowest BCUT2D eigenvalue weighted by molar-refractivity contribution is -0.123. The zero-order valence-electron chi connectivity index (χ0n) is 6.63. The summed E-state index contributed by atoms with van der Waals surface area (Å²) >= 11 is 0. The van der Waals surface area contributed by atoms with E-state index < -0.39 is 6.04 Å². The Balaban J connectivity index is 3.61. The van der Waals surface area contributed by atoms with Crippen molar-refractivity contribution < 1.29 is 9.90 Å². The lowest BCUT2D eigenvalue weighted by atomic mass is 10.3. The predicted octanol–water partition coefficient (Wildman–Crippen LogP) is -2.36. The zero-order chi connectivity index (χ0) is 8.69. The SMILES string of the molecule is CN[C@@H](CO)C(=O)NCCN. The average molecular weight is 161 g/mol. The number of nitrogens with two attached hydrogens (primary N) is 1. The first-order chi connectivity index (χ1) is 5.26. The minimum absolute atomic E-state index is 0.201. The van der Waals surface area contributed by atoms with Gasteiger partial charge in [-0.15, -0.1) is 0 Å². The maximum Gasteiger partial charge on any atom is 0.239 e. The second kappa shape index (κ2) is 6.09. The Kier molecular flexibility index (Phi) is 5.73. The first-order valence-electron chi connectivity index (χ1n) is 3.52. The van der Waals surface area contributed by atoms with Gasteiger partial charge >= 0.3 is 0 Å². The molecule has 0 aromatic heterocycles. The molecule has 5 heteroatoms. The highest BCUT2D eigenvalue weighted by Gasteiger charge is 2.12. The second-order valence-corrected chi connectivity index (χ2v) is 2.10. The van der Waals surface area contributed by atoms with Crippen LogP contribution in [0.1, 0.15) is 0 Å². The van der Waals surface area contributed by atoms with Crippen LogP contribution in [0, 0.1) is 0 Å². The molecule has 0 saturated heterocycles. The molecule has 0 aliphatic carbocycles. The van der Waals surface area contributed by atoms with E-state index in [4.69, 9.17) is 10.8 Å². The quantitative estimate of drug-likeness (QED) is 0.363. The van der Waals surface area contributed by atoms with E-state index in [2.05, 4.69) is 10.6 Å². The Morgan fingerprint density at radius 2 is 2.36 bits per heavy atom. The molecule has 1 amide bonds. The van der Waals surface area contributed by atoms with Crippen LogP contribution in [0.2, 0.25) is 0 Å². The minimum atomic E-state index is -0.526. The van der Waals surface area contributed by atoms with Gasteiger partial charge in [0.1, 0.15) is 6.04 Å². The van der Waals surface area contributed by atoms with Crippen molar-refractivity contribution >= 4 is 5.91 Å². The minimum Gasteiger partial charge on any atom is -0.394 e. The van der Waals surface area contributed by atoms with Crippen molar-refractivity contribution in [3.63, 3.8) is 0 Å². The molecule has 0 bridgehead atoms. The van der Waals surface area contributed by atoms with E-state index in [0.29, 0.717) is 13.1 Å². The molecule has 0 aliphatic heterocycles. The molecule has 11 heavy (non-hydrogen) atoms. The lowest BCUT2D eigenvalue weighted by Crippen LogP contribution is -2.46. The van der Waals surface area contributed by atoms with Crippen LogP contribution in [0.15, 0.2) is 0 Å². The number of hydrogen-bond donors (Lipinski definition) is 4. The van der Waals surface area contributed by atoms with Gasteiger partial charge in [0, 0.05) is 13.1 Å². The summed E-state index contributed by atoms with van der Waals surface area (Å²) in [5.74, 6) is -0.222. The summed E-state index contributed by atoms with van der Waals surface area (Å²) < 4.78 is 0. The first-order valence-corrected chi connectivity index (χ1v) is 3.52. The van der Waals surface area contributed by atoms with Crippen LogP contribution in [-0.4, -0.2) is 43.8 Å². The van der Waals surface area contributed by atoms with Gasteiger partial charge in [0.15, 0.2) is 0 Å². The highest BCUT2D eigenvalue weighted by atomic mass is 16.3. The van der Waals surface area contributed by atoms with Crippen LogP contribution < -0.4 is 16.4 Å². The average Bonchev–Trinajstić information content (AvgIpc) is 2.03. The summed E-state index contributed by atoms with van der Waals surface area (Å²) in [4.78, 5) is 11.0. The van der Waals surface area contributed by atoms with Crippen molar-refractivity contribution in [2.75, 3.05) is 26.7 Å². The van der Waals surface area contributed by atoms with Crippen LogP contribution in [0.3, 0.4) is 0 Å². The molecule has 5 N–H and O–H groups in total. The number of rotatable bonds is 5. The lowest BCUT2D eigenvalue weighted by Gasteiger charge is -2.11. The van der Waals surface area contributed by atoms with Crippen molar-refractivity contribution in [1.29, 1.82) is 0 Å². The summed E-state index contributed by atoms with van der Waals surface area (Å²) in [5, 5.41) is 13.8. The Hall–Kier alpha value is -0.650. The topological polar surface area (TPSA) is 87.4 Å². The molecular formula is C6H15N3O2. The van der Waals surface area contributed by atoms with Gasteiger partial charge in [-0.1, -0.05) is 0 Å². The van der Waals surface area contributed by atoms with E-state index in [1.807, 2.05) is 0 Å². The van der Waals surface area contributed by atoms with Gasteiger partial charge in [-0.3, -0.25) is 4.79 Å². The number of hydrogen-bond acceptors (Lipinski definition) is 4. The smallest absolute Gasteiger partial charge is 0.239 e. The molecule has 66 valence electrons. The molecule has 0 aliphatic rings. The third kappa shape index (κ3) is 3.92. The van der Waals surface area contributed by atoms with Crippen LogP contribution >= 0.6 is 0 Å². The van der Waals surface area contributed by atoms with Gasteiger partial charge < -0.3 is 21.5 Å². The highest BCUT2D eigenvalue weighted by Crippen LogP contribution is 1.78. The second-order valence-electron chi connectivity index (χ2n) is 2.10. The first kappa shape index (κ1) is 10.3. The molecule has 0 spiro atoms. The van der Waals surface area contributed by atoms with Crippen molar-refractivity contribution in [3.05, 3.63) is 0 Å². The van der Waals surface area contributed by atoms with Crippen LogP contribution in [0.5, 0.6) is 0 Å². The van der Waals surface area contributed by atoms with E-state index in [1.165, 1.54) is 0 Å². The largest absolute Gasteiger partial charge is 0.394 e. The third-order valence-electron chi connectivity index (χ3n) is 1.29. The number of likely N-dealkylation sites (N-methyl/N-ethyl adjacent to an activating group) is 1. The number of aliphatic hydroxyl groups is 1. The molecule has 1 atom stereocenters. The van der Waals surface area contributed by atoms with Gasteiger partial charge in [-0.05, 0) is 7.05 Å². The molecule has 0 saturated carbocycles. The Morgan fingerprint density at radius 3 is 2.73 bits per heavy atom. The van der Waals surface area contributed by atoms with Gasteiger partial charge in [-0.2, -0.15) is 0 Å². The summed E-state index contributed by atoms with van der Waals surface area (Å²) in [7, 11) is 1.61. The number of amides is 1.